The molecule has 0 aromatic heterocycles. The van der Waals surface area contributed by atoms with Gasteiger partial charge >= 0.3 is 0 Å². The molecule has 1 N–H and O–H groups in total. The second-order valence-corrected chi connectivity index (χ2v) is 6.96. The van der Waals surface area contributed by atoms with E-state index in [9.17, 15) is 0 Å². The van der Waals surface area contributed by atoms with Crippen molar-refractivity contribution in [3.8, 4) is 0 Å². The Morgan fingerprint density at radius 2 is 1.82 bits per heavy atom. The third-order valence-electron chi connectivity index (χ3n) is 4.69. The number of amidine groups is 1. The first-order valence-electron chi connectivity index (χ1n) is 7.25. The Morgan fingerprint density at radius 3 is 2.24 bits per heavy atom. The predicted octanol–water partition coefficient (Wildman–Crippen LogP) is 3.43. The predicted molar refractivity (Wildman–Crippen MR) is 75.6 cm³/mol. The van der Waals surface area contributed by atoms with Gasteiger partial charge in [0, 0.05) is 11.3 Å². The normalized spacial score (nSPS) is 29.9. The molecule has 3 fully saturated rings. The monoisotopic (exact) mass is 252 g/mol. The SMILES string of the molecule is CCC1(CC)CSC(=NC(C2CC2)C2CC2)N1. The first-order valence-corrected chi connectivity index (χ1v) is 8.23. The molecule has 2 saturated carbocycles. The van der Waals surface area contributed by atoms with Crippen LogP contribution in [0.25, 0.3) is 0 Å². The highest BCUT2D eigenvalue weighted by Gasteiger charge is 2.43. The van der Waals surface area contributed by atoms with Crippen molar-refractivity contribution >= 4 is 16.9 Å². The summed E-state index contributed by atoms with van der Waals surface area (Å²) in [5, 5.41) is 4.96. The second kappa shape index (κ2) is 4.49. The molecule has 3 aliphatic rings. The quantitative estimate of drug-likeness (QED) is 0.810. The zero-order valence-corrected chi connectivity index (χ0v) is 11.9. The van der Waals surface area contributed by atoms with Crippen LogP contribution in [-0.2, 0) is 0 Å². The molecular formula is C14H24N2S. The summed E-state index contributed by atoms with van der Waals surface area (Å²) in [6, 6.07) is 0.662. The molecule has 3 rings (SSSR count). The van der Waals surface area contributed by atoms with Crippen molar-refractivity contribution in [2.24, 2.45) is 16.8 Å². The van der Waals surface area contributed by atoms with Gasteiger partial charge in [0.2, 0.25) is 0 Å². The molecule has 0 amide bonds. The van der Waals surface area contributed by atoms with Crippen LogP contribution in [0.3, 0.4) is 0 Å². The van der Waals surface area contributed by atoms with Crippen LogP contribution < -0.4 is 5.32 Å². The summed E-state index contributed by atoms with van der Waals surface area (Å²) in [5.74, 6) is 3.06. The molecule has 17 heavy (non-hydrogen) atoms. The molecule has 3 heteroatoms. The first-order chi connectivity index (χ1) is 8.26. The minimum Gasteiger partial charge on any atom is -0.359 e. The number of nitrogens with one attached hydrogen (secondary N) is 1. The van der Waals surface area contributed by atoms with Gasteiger partial charge in [0.25, 0.3) is 0 Å². The summed E-state index contributed by atoms with van der Waals surface area (Å²) >= 11 is 1.96. The summed E-state index contributed by atoms with van der Waals surface area (Å²) < 4.78 is 0. The summed E-state index contributed by atoms with van der Waals surface area (Å²) in [4.78, 5) is 5.06. The Kier molecular flexibility index (Phi) is 3.14. The number of thioether (sulfide) groups is 1. The van der Waals surface area contributed by atoms with Crippen LogP contribution in [-0.4, -0.2) is 22.5 Å². The van der Waals surface area contributed by atoms with E-state index in [1.54, 1.807) is 0 Å². The van der Waals surface area contributed by atoms with E-state index in [0.717, 1.165) is 11.8 Å². The molecule has 0 aromatic carbocycles. The van der Waals surface area contributed by atoms with Crippen LogP contribution >= 0.6 is 11.8 Å². The van der Waals surface area contributed by atoms with Gasteiger partial charge in [0.05, 0.1) is 6.04 Å². The lowest BCUT2D eigenvalue weighted by molar-refractivity contribution is 0.406. The van der Waals surface area contributed by atoms with Crippen LogP contribution in [0.2, 0.25) is 0 Å². The van der Waals surface area contributed by atoms with E-state index in [1.165, 1.54) is 49.4 Å². The van der Waals surface area contributed by atoms with Gasteiger partial charge in [-0.05, 0) is 50.4 Å². The van der Waals surface area contributed by atoms with Crippen LogP contribution in [0.5, 0.6) is 0 Å². The molecule has 0 bridgehead atoms. The second-order valence-electron chi connectivity index (χ2n) is 6.00. The van der Waals surface area contributed by atoms with Gasteiger partial charge < -0.3 is 5.32 Å². The Balaban J connectivity index is 1.67. The highest BCUT2D eigenvalue weighted by molar-refractivity contribution is 8.14. The van der Waals surface area contributed by atoms with Gasteiger partial charge in [0.15, 0.2) is 5.17 Å². The average Bonchev–Trinajstić information content (AvgIpc) is 3.25. The molecule has 2 aliphatic carbocycles. The van der Waals surface area contributed by atoms with Gasteiger partial charge in [-0.3, -0.25) is 4.99 Å². The number of rotatable bonds is 5. The fourth-order valence-corrected chi connectivity index (χ4v) is 4.19. The minimum absolute atomic E-state index is 0.334. The number of hydrogen-bond acceptors (Lipinski definition) is 2. The maximum Gasteiger partial charge on any atom is 0.157 e. The maximum atomic E-state index is 5.06. The Bertz CT molecular complexity index is 302. The molecule has 0 aromatic rings. The fourth-order valence-electron chi connectivity index (χ4n) is 2.81. The van der Waals surface area contributed by atoms with E-state index in [0.29, 0.717) is 11.6 Å². The Labute approximate surface area is 109 Å². The lowest BCUT2D eigenvalue weighted by atomic mass is 9.96. The summed E-state index contributed by atoms with van der Waals surface area (Å²) in [6.45, 7) is 4.58. The van der Waals surface area contributed by atoms with E-state index >= 15 is 0 Å². The molecule has 0 unspecified atom stereocenters. The van der Waals surface area contributed by atoms with E-state index < -0.39 is 0 Å². The van der Waals surface area contributed by atoms with Crippen molar-refractivity contribution in [3.05, 3.63) is 0 Å². The molecule has 0 atom stereocenters. The first kappa shape index (κ1) is 11.9. The lowest BCUT2D eigenvalue weighted by Gasteiger charge is -2.25. The van der Waals surface area contributed by atoms with Crippen LogP contribution in [0.1, 0.15) is 52.4 Å². The summed E-state index contributed by atoms with van der Waals surface area (Å²) in [7, 11) is 0. The molecule has 1 heterocycles. The molecule has 1 saturated heterocycles. The van der Waals surface area contributed by atoms with Crippen LogP contribution in [0, 0.1) is 11.8 Å². The minimum atomic E-state index is 0.334. The third kappa shape index (κ3) is 2.49. The highest BCUT2D eigenvalue weighted by Crippen LogP contribution is 2.47. The molecule has 0 spiro atoms. The summed E-state index contributed by atoms with van der Waals surface area (Å²) in [6.07, 6.45) is 8.13. The number of nitrogens with zero attached hydrogens (tertiary/aromatic N) is 1. The van der Waals surface area contributed by atoms with Crippen LogP contribution in [0.4, 0.5) is 0 Å². The lowest BCUT2D eigenvalue weighted by Crippen LogP contribution is -2.42. The van der Waals surface area contributed by atoms with Gasteiger partial charge in [-0.2, -0.15) is 0 Å². The number of aliphatic imine (C=N–C) groups is 1. The topological polar surface area (TPSA) is 24.4 Å². The summed E-state index contributed by atoms with van der Waals surface area (Å²) in [5.41, 5.74) is 0.334. The van der Waals surface area contributed by atoms with Crippen molar-refractivity contribution < 1.29 is 0 Å². The van der Waals surface area contributed by atoms with E-state index in [1.807, 2.05) is 11.8 Å². The van der Waals surface area contributed by atoms with Crippen molar-refractivity contribution in [2.75, 3.05) is 5.75 Å². The van der Waals surface area contributed by atoms with Crippen molar-refractivity contribution in [3.63, 3.8) is 0 Å². The smallest absolute Gasteiger partial charge is 0.157 e. The van der Waals surface area contributed by atoms with Crippen LogP contribution in [0.15, 0.2) is 4.99 Å². The van der Waals surface area contributed by atoms with Gasteiger partial charge in [-0.25, -0.2) is 0 Å². The van der Waals surface area contributed by atoms with Gasteiger partial charge in [-0.1, -0.05) is 25.6 Å². The van der Waals surface area contributed by atoms with Crippen molar-refractivity contribution in [2.45, 2.75) is 64.0 Å². The zero-order valence-electron chi connectivity index (χ0n) is 11.0. The molecular weight excluding hydrogens is 228 g/mol. The molecule has 1 aliphatic heterocycles. The van der Waals surface area contributed by atoms with E-state index in [-0.39, 0.29) is 0 Å². The average molecular weight is 252 g/mol. The van der Waals surface area contributed by atoms with E-state index in [2.05, 4.69) is 19.2 Å². The molecule has 2 nitrogen and oxygen atoms in total. The highest BCUT2D eigenvalue weighted by atomic mass is 32.2. The van der Waals surface area contributed by atoms with E-state index in [4.69, 9.17) is 4.99 Å². The zero-order chi connectivity index (χ0) is 11.9. The largest absolute Gasteiger partial charge is 0.359 e. The third-order valence-corrected chi connectivity index (χ3v) is 5.86. The standard InChI is InChI=1S/C14H24N2S/c1-3-14(4-2)9-17-13(16-14)15-12(10-5-6-10)11-7-8-11/h10-12H,3-9H2,1-2H3,(H,15,16). The number of hydrogen-bond donors (Lipinski definition) is 1. The Hall–Kier alpha value is -0.180. The van der Waals surface area contributed by atoms with Gasteiger partial charge in [-0.15, -0.1) is 0 Å². The molecule has 0 radical (unpaired) electrons. The maximum absolute atomic E-state index is 5.06. The fraction of sp³-hybridized carbons (Fsp3) is 0.929. The van der Waals surface area contributed by atoms with Crippen molar-refractivity contribution in [1.29, 1.82) is 0 Å². The Morgan fingerprint density at radius 1 is 1.24 bits per heavy atom. The van der Waals surface area contributed by atoms with Crippen molar-refractivity contribution in [1.82, 2.24) is 5.32 Å². The van der Waals surface area contributed by atoms with Gasteiger partial charge in [0.1, 0.15) is 0 Å². The molecule has 96 valence electrons.